The number of carbonyl (C=O) groups excluding carboxylic acids is 2. The van der Waals surface area contributed by atoms with Crippen LogP contribution in [0.2, 0.25) is 0 Å². The van der Waals surface area contributed by atoms with Gasteiger partial charge in [-0.3, -0.25) is 4.79 Å². The molecule has 1 aromatic carbocycles. The second-order valence-corrected chi connectivity index (χ2v) is 7.86. The van der Waals surface area contributed by atoms with Gasteiger partial charge in [-0.1, -0.05) is 30.3 Å². The fraction of sp³-hybridized carbons (Fsp3) is 0.400. The number of benzene rings is 1. The van der Waals surface area contributed by atoms with E-state index in [0.29, 0.717) is 10.6 Å². The molecule has 0 aliphatic heterocycles. The van der Waals surface area contributed by atoms with E-state index >= 15 is 0 Å². The minimum atomic E-state index is -0.342. The number of nitrogens with one attached hydrogen (secondary N) is 1. The molecule has 2 aromatic rings. The molecule has 0 radical (unpaired) electrons. The smallest absolute Gasteiger partial charge is 0.341 e. The van der Waals surface area contributed by atoms with E-state index < -0.39 is 0 Å². The summed E-state index contributed by atoms with van der Waals surface area (Å²) in [6.45, 7) is 0. The SMILES string of the molecule is COC(=O)c1c(NC(=O)[C@H]2C[C@H]2c2ccccc2)sc2c1CCCC2. The highest BCUT2D eigenvalue weighted by atomic mass is 32.1. The van der Waals surface area contributed by atoms with Crippen molar-refractivity contribution in [3.8, 4) is 0 Å². The van der Waals surface area contributed by atoms with Crippen molar-refractivity contribution < 1.29 is 14.3 Å². The molecule has 1 saturated carbocycles. The number of rotatable bonds is 4. The lowest BCUT2D eigenvalue weighted by molar-refractivity contribution is -0.117. The largest absolute Gasteiger partial charge is 0.465 e. The number of carbonyl (C=O) groups is 2. The molecule has 1 aromatic heterocycles. The van der Waals surface area contributed by atoms with Crippen LogP contribution < -0.4 is 5.32 Å². The zero-order valence-electron chi connectivity index (χ0n) is 14.2. The molecular formula is C20H21NO3S. The van der Waals surface area contributed by atoms with Gasteiger partial charge in [-0.25, -0.2) is 4.79 Å². The Morgan fingerprint density at radius 2 is 1.92 bits per heavy atom. The van der Waals surface area contributed by atoms with Crippen LogP contribution in [0.4, 0.5) is 5.00 Å². The molecule has 1 N–H and O–H groups in total. The van der Waals surface area contributed by atoms with Crippen molar-refractivity contribution >= 4 is 28.2 Å². The van der Waals surface area contributed by atoms with Gasteiger partial charge in [0.2, 0.25) is 5.91 Å². The summed E-state index contributed by atoms with van der Waals surface area (Å²) in [4.78, 5) is 26.2. The molecule has 25 heavy (non-hydrogen) atoms. The minimum Gasteiger partial charge on any atom is -0.465 e. The third-order valence-electron chi connectivity index (χ3n) is 5.15. The van der Waals surface area contributed by atoms with Crippen molar-refractivity contribution in [2.24, 2.45) is 5.92 Å². The quantitative estimate of drug-likeness (QED) is 0.838. The lowest BCUT2D eigenvalue weighted by Gasteiger charge is -2.11. The van der Waals surface area contributed by atoms with E-state index in [2.05, 4.69) is 17.4 Å². The number of ether oxygens (including phenoxy) is 1. The Balaban J connectivity index is 1.54. The van der Waals surface area contributed by atoms with Crippen molar-refractivity contribution in [1.82, 2.24) is 0 Å². The number of hydrogen-bond acceptors (Lipinski definition) is 4. The molecule has 1 fully saturated rings. The second kappa shape index (κ2) is 6.64. The summed E-state index contributed by atoms with van der Waals surface area (Å²) in [6.07, 6.45) is 4.96. The summed E-state index contributed by atoms with van der Waals surface area (Å²) in [7, 11) is 1.40. The van der Waals surface area contributed by atoms with Gasteiger partial charge in [-0.15, -0.1) is 11.3 Å². The van der Waals surface area contributed by atoms with Crippen LogP contribution in [-0.2, 0) is 22.4 Å². The Hall–Kier alpha value is -2.14. The molecule has 0 unspecified atom stereocenters. The molecule has 4 rings (SSSR count). The number of fused-ring (bicyclic) bond motifs is 1. The van der Waals surface area contributed by atoms with E-state index in [0.717, 1.165) is 37.7 Å². The molecule has 0 bridgehead atoms. The van der Waals surface area contributed by atoms with Gasteiger partial charge in [0.25, 0.3) is 0 Å². The highest BCUT2D eigenvalue weighted by Crippen LogP contribution is 2.48. The fourth-order valence-electron chi connectivity index (χ4n) is 3.73. The van der Waals surface area contributed by atoms with Crippen LogP contribution in [0.25, 0.3) is 0 Å². The number of aryl methyl sites for hydroxylation is 1. The van der Waals surface area contributed by atoms with E-state index in [1.54, 1.807) is 11.3 Å². The predicted octanol–water partition coefficient (Wildman–Crippen LogP) is 4.16. The van der Waals surface area contributed by atoms with Gasteiger partial charge in [0, 0.05) is 10.8 Å². The van der Waals surface area contributed by atoms with Gasteiger partial charge in [0.15, 0.2) is 0 Å². The monoisotopic (exact) mass is 355 g/mol. The standard InChI is InChI=1S/C20H21NO3S/c1-24-20(23)17-13-9-5-6-10-16(13)25-19(17)21-18(22)15-11-14(15)12-7-3-2-4-8-12/h2-4,7-8,14-15H,5-6,9-11H2,1H3,(H,21,22)/t14-,15-/m0/s1. The maximum Gasteiger partial charge on any atom is 0.341 e. The van der Waals surface area contributed by atoms with Gasteiger partial charge in [0.1, 0.15) is 5.00 Å². The molecule has 2 aliphatic carbocycles. The average Bonchev–Trinajstić information content (AvgIpc) is 3.37. The fourth-order valence-corrected chi connectivity index (χ4v) is 5.01. The predicted molar refractivity (Wildman–Crippen MR) is 98.2 cm³/mol. The van der Waals surface area contributed by atoms with E-state index in [4.69, 9.17) is 4.74 Å². The van der Waals surface area contributed by atoms with Gasteiger partial charge in [-0.2, -0.15) is 0 Å². The molecule has 0 saturated heterocycles. The maximum atomic E-state index is 12.7. The summed E-state index contributed by atoms with van der Waals surface area (Å²) in [5, 5.41) is 3.69. The first-order valence-corrected chi connectivity index (χ1v) is 9.59. The molecule has 130 valence electrons. The van der Waals surface area contributed by atoms with Crippen LogP contribution in [-0.4, -0.2) is 19.0 Å². The first-order valence-electron chi connectivity index (χ1n) is 8.77. The Bertz CT molecular complexity index is 812. The topological polar surface area (TPSA) is 55.4 Å². The van der Waals surface area contributed by atoms with Crippen molar-refractivity contribution in [1.29, 1.82) is 0 Å². The maximum absolute atomic E-state index is 12.7. The number of esters is 1. The van der Waals surface area contributed by atoms with Gasteiger partial charge in [-0.05, 0) is 49.1 Å². The Morgan fingerprint density at radius 1 is 1.16 bits per heavy atom. The van der Waals surface area contributed by atoms with Crippen molar-refractivity contribution in [2.45, 2.75) is 38.0 Å². The first kappa shape index (κ1) is 16.3. The Morgan fingerprint density at radius 3 is 2.68 bits per heavy atom. The molecule has 5 heteroatoms. The van der Waals surface area contributed by atoms with Gasteiger partial charge in [0.05, 0.1) is 12.7 Å². The highest BCUT2D eigenvalue weighted by molar-refractivity contribution is 7.17. The normalized spacial score (nSPS) is 21.3. The molecule has 4 nitrogen and oxygen atoms in total. The van der Waals surface area contributed by atoms with Crippen LogP contribution in [0.5, 0.6) is 0 Å². The molecule has 1 heterocycles. The number of anilines is 1. The van der Waals surface area contributed by atoms with Crippen LogP contribution >= 0.6 is 11.3 Å². The van der Waals surface area contributed by atoms with Gasteiger partial charge < -0.3 is 10.1 Å². The number of methoxy groups -OCH3 is 1. The Labute approximate surface area is 151 Å². The summed E-state index contributed by atoms with van der Waals surface area (Å²) in [5.41, 5.74) is 2.86. The third-order valence-corrected chi connectivity index (χ3v) is 6.36. The van der Waals surface area contributed by atoms with Gasteiger partial charge >= 0.3 is 5.97 Å². The minimum absolute atomic E-state index is 0.00738. The summed E-state index contributed by atoms with van der Waals surface area (Å²) >= 11 is 1.54. The third kappa shape index (κ3) is 3.09. The summed E-state index contributed by atoms with van der Waals surface area (Å²) in [6, 6.07) is 10.1. The number of amides is 1. The lowest BCUT2D eigenvalue weighted by atomic mass is 9.95. The average molecular weight is 355 g/mol. The molecule has 0 spiro atoms. The van der Waals surface area contributed by atoms with Crippen LogP contribution in [0.3, 0.4) is 0 Å². The lowest BCUT2D eigenvalue weighted by Crippen LogP contribution is -2.17. The Kier molecular flexibility index (Phi) is 4.34. The van der Waals surface area contributed by atoms with E-state index in [1.807, 2.05) is 18.2 Å². The van der Waals surface area contributed by atoms with Crippen molar-refractivity contribution in [3.05, 3.63) is 51.9 Å². The zero-order valence-corrected chi connectivity index (χ0v) is 15.0. The summed E-state index contributed by atoms with van der Waals surface area (Å²) < 4.78 is 4.97. The van der Waals surface area contributed by atoms with E-state index in [1.165, 1.54) is 17.6 Å². The number of hydrogen-bond donors (Lipinski definition) is 1. The highest BCUT2D eigenvalue weighted by Gasteiger charge is 2.44. The van der Waals surface area contributed by atoms with E-state index in [9.17, 15) is 9.59 Å². The van der Waals surface area contributed by atoms with Crippen molar-refractivity contribution in [2.75, 3.05) is 12.4 Å². The molecule has 2 aliphatic rings. The number of thiophene rings is 1. The van der Waals surface area contributed by atoms with E-state index in [-0.39, 0.29) is 23.7 Å². The van der Waals surface area contributed by atoms with Crippen LogP contribution in [0, 0.1) is 5.92 Å². The molecular weight excluding hydrogens is 334 g/mol. The van der Waals surface area contributed by atoms with Crippen LogP contribution in [0.1, 0.15) is 51.5 Å². The molecule has 2 atom stereocenters. The first-order chi connectivity index (χ1) is 12.2. The molecule has 1 amide bonds. The van der Waals surface area contributed by atoms with Crippen LogP contribution in [0.15, 0.2) is 30.3 Å². The summed E-state index contributed by atoms with van der Waals surface area (Å²) in [5.74, 6) is -0.0490. The zero-order chi connectivity index (χ0) is 17.4. The second-order valence-electron chi connectivity index (χ2n) is 6.76. The van der Waals surface area contributed by atoms with Crippen molar-refractivity contribution in [3.63, 3.8) is 0 Å².